The summed E-state index contributed by atoms with van der Waals surface area (Å²) in [6.45, 7) is 10.4. The molecule has 1 aromatic heterocycles. The third-order valence-electron chi connectivity index (χ3n) is 3.58. The molecule has 1 rings (SSSR count). The van der Waals surface area contributed by atoms with E-state index in [1.807, 2.05) is 16.4 Å². The van der Waals surface area contributed by atoms with Gasteiger partial charge in [0, 0.05) is 31.1 Å². The fourth-order valence-corrected chi connectivity index (χ4v) is 3.08. The van der Waals surface area contributed by atoms with E-state index in [4.69, 9.17) is 0 Å². The summed E-state index contributed by atoms with van der Waals surface area (Å²) < 4.78 is 1.95. The van der Waals surface area contributed by atoms with Crippen molar-refractivity contribution in [3.8, 4) is 0 Å². The third-order valence-corrected chi connectivity index (χ3v) is 4.30. The van der Waals surface area contributed by atoms with Gasteiger partial charge < -0.3 is 10.2 Å². The summed E-state index contributed by atoms with van der Waals surface area (Å²) in [6, 6.07) is 0.649. The summed E-state index contributed by atoms with van der Waals surface area (Å²) in [6.07, 6.45) is 5.42. The molecule has 1 unspecified atom stereocenters. The van der Waals surface area contributed by atoms with Crippen LogP contribution in [-0.2, 0) is 13.1 Å². The Bertz CT molecular complexity index is 380. The molecule has 5 nitrogen and oxygen atoms in total. The van der Waals surface area contributed by atoms with Crippen molar-refractivity contribution in [2.45, 2.75) is 46.3 Å². The van der Waals surface area contributed by atoms with Crippen LogP contribution in [0.3, 0.4) is 0 Å². The standard InChI is InChI=1S/C15H31N5S/c1-6-15(12-21-5)19(4)7-8-20-11-14(17-18-20)10-16-9-13(2)3/h11,13,15-16H,6-10,12H2,1-5H3. The van der Waals surface area contributed by atoms with Crippen LogP contribution < -0.4 is 5.32 Å². The number of nitrogens with zero attached hydrogens (tertiary/aromatic N) is 4. The molecular weight excluding hydrogens is 282 g/mol. The number of hydrogen-bond donors (Lipinski definition) is 1. The molecule has 0 radical (unpaired) electrons. The second-order valence-electron chi connectivity index (χ2n) is 6.00. The first kappa shape index (κ1) is 18.5. The van der Waals surface area contributed by atoms with E-state index in [0.717, 1.165) is 31.9 Å². The van der Waals surface area contributed by atoms with E-state index in [1.165, 1.54) is 12.2 Å². The normalized spacial score (nSPS) is 13.3. The number of hydrogen-bond acceptors (Lipinski definition) is 5. The van der Waals surface area contributed by atoms with E-state index in [9.17, 15) is 0 Å². The number of aromatic nitrogens is 3. The van der Waals surface area contributed by atoms with Crippen LogP contribution in [0.1, 0.15) is 32.9 Å². The molecule has 0 fully saturated rings. The molecule has 0 spiro atoms. The van der Waals surface area contributed by atoms with Crippen molar-refractivity contribution < 1.29 is 0 Å². The Balaban J connectivity index is 2.33. The lowest BCUT2D eigenvalue weighted by molar-refractivity contribution is 0.242. The molecule has 0 saturated heterocycles. The lowest BCUT2D eigenvalue weighted by Crippen LogP contribution is -2.35. The highest BCUT2D eigenvalue weighted by Gasteiger charge is 2.12. The number of rotatable bonds is 11. The van der Waals surface area contributed by atoms with Crippen molar-refractivity contribution in [2.24, 2.45) is 5.92 Å². The topological polar surface area (TPSA) is 46.0 Å². The Labute approximate surface area is 133 Å². The molecule has 122 valence electrons. The molecule has 21 heavy (non-hydrogen) atoms. The van der Waals surface area contributed by atoms with Crippen LogP contribution in [0.25, 0.3) is 0 Å². The summed E-state index contributed by atoms with van der Waals surface area (Å²) in [5.74, 6) is 1.85. The van der Waals surface area contributed by atoms with Crippen LogP contribution in [0.5, 0.6) is 0 Å². The Hall–Kier alpha value is -0.590. The predicted octanol–water partition coefficient (Wildman–Crippen LogP) is 2.10. The predicted molar refractivity (Wildman–Crippen MR) is 91.7 cm³/mol. The van der Waals surface area contributed by atoms with Gasteiger partial charge in [-0.2, -0.15) is 11.8 Å². The van der Waals surface area contributed by atoms with Gasteiger partial charge in [-0.05, 0) is 32.2 Å². The molecule has 0 aliphatic heterocycles. The van der Waals surface area contributed by atoms with Crippen LogP contribution in [0.15, 0.2) is 6.20 Å². The lowest BCUT2D eigenvalue weighted by Gasteiger charge is -2.26. The zero-order valence-electron chi connectivity index (χ0n) is 14.2. The van der Waals surface area contributed by atoms with Crippen molar-refractivity contribution in [2.75, 3.05) is 32.1 Å². The van der Waals surface area contributed by atoms with Gasteiger partial charge >= 0.3 is 0 Å². The first-order valence-electron chi connectivity index (χ1n) is 7.85. The molecular formula is C15H31N5S. The first-order chi connectivity index (χ1) is 10.1. The highest BCUT2D eigenvalue weighted by atomic mass is 32.2. The van der Waals surface area contributed by atoms with Gasteiger partial charge in [0.1, 0.15) is 0 Å². The Morgan fingerprint density at radius 1 is 1.43 bits per heavy atom. The minimum Gasteiger partial charge on any atom is -0.311 e. The molecule has 0 aromatic carbocycles. The minimum absolute atomic E-state index is 0.649. The van der Waals surface area contributed by atoms with E-state index < -0.39 is 0 Å². The summed E-state index contributed by atoms with van der Waals surface area (Å²) in [7, 11) is 2.20. The van der Waals surface area contributed by atoms with Crippen LogP contribution in [0.4, 0.5) is 0 Å². The third kappa shape index (κ3) is 7.29. The molecule has 0 aliphatic carbocycles. The maximum atomic E-state index is 4.22. The Kier molecular flexibility index (Phi) is 8.96. The van der Waals surface area contributed by atoms with Crippen LogP contribution in [0, 0.1) is 5.92 Å². The number of nitrogens with one attached hydrogen (secondary N) is 1. The van der Waals surface area contributed by atoms with Gasteiger partial charge in [0.15, 0.2) is 0 Å². The van der Waals surface area contributed by atoms with Crippen LogP contribution in [0.2, 0.25) is 0 Å². The second kappa shape index (κ2) is 10.2. The zero-order chi connectivity index (χ0) is 15.7. The lowest BCUT2D eigenvalue weighted by atomic mass is 10.2. The fourth-order valence-electron chi connectivity index (χ4n) is 2.21. The van der Waals surface area contributed by atoms with Gasteiger partial charge in [-0.25, -0.2) is 0 Å². The van der Waals surface area contributed by atoms with Gasteiger partial charge in [0.05, 0.1) is 12.2 Å². The van der Waals surface area contributed by atoms with Crippen LogP contribution >= 0.6 is 11.8 Å². The van der Waals surface area contributed by atoms with E-state index in [0.29, 0.717) is 12.0 Å². The van der Waals surface area contributed by atoms with Gasteiger partial charge in [-0.1, -0.05) is 26.0 Å². The molecule has 0 bridgehead atoms. The largest absolute Gasteiger partial charge is 0.311 e. The van der Waals surface area contributed by atoms with E-state index in [2.05, 4.69) is 60.8 Å². The van der Waals surface area contributed by atoms with Gasteiger partial charge in [-0.15, -0.1) is 5.10 Å². The van der Waals surface area contributed by atoms with Gasteiger partial charge in [-0.3, -0.25) is 4.68 Å². The summed E-state index contributed by atoms with van der Waals surface area (Å²) >= 11 is 1.92. The average molecular weight is 314 g/mol. The molecule has 0 aliphatic rings. The average Bonchev–Trinajstić information content (AvgIpc) is 2.89. The fraction of sp³-hybridized carbons (Fsp3) is 0.867. The van der Waals surface area contributed by atoms with Crippen molar-refractivity contribution in [3.05, 3.63) is 11.9 Å². The van der Waals surface area contributed by atoms with Crippen LogP contribution in [-0.4, -0.2) is 58.1 Å². The summed E-state index contributed by atoms with van der Waals surface area (Å²) in [4.78, 5) is 2.43. The molecule has 1 N–H and O–H groups in total. The number of thioether (sulfide) groups is 1. The van der Waals surface area contributed by atoms with Crippen molar-refractivity contribution >= 4 is 11.8 Å². The molecule has 1 heterocycles. The van der Waals surface area contributed by atoms with Crippen molar-refractivity contribution in [1.82, 2.24) is 25.2 Å². The smallest absolute Gasteiger partial charge is 0.0964 e. The molecule has 6 heteroatoms. The van der Waals surface area contributed by atoms with Crippen molar-refractivity contribution in [3.63, 3.8) is 0 Å². The maximum absolute atomic E-state index is 4.22. The quantitative estimate of drug-likeness (QED) is 0.678. The van der Waals surface area contributed by atoms with E-state index in [-0.39, 0.29) is 0 Å². The van der Waals surface area contributed by atoms with Gasteiger partial charge in [0.2, 0.25) is 0 Å². The summed E-state index contributed by atoms with van der Waals surface area (Å²) in [5.41, 5.74) is 1.02. The maximum Gasteiger partial charge on any atom is 0.0964 e. The van der Waals surface area contributed by atoms with E-state index >= 15 is 0 Å². The highest BCUT2D eigenvalue weighted by molar-refractivity contribution is 7.98. The molecule has 0 amide bonds. The SMILES string of the molecule is CCC(CSC)N(C)CCn1cc(CNCC(C)C)nn1. The van der Waals surface area contributed by atoms with E-state index in [1.54, 1.807) is 0 Å². The van der Waals surface area contributed by atoms with Gasteiger partial charge in [0.25, 0.3) is 0 Å². The molecule has 0 saturated carbocycles. The minimum atomic E-state index is 0.649. The zero-order valence-corrected chi connectivity index (χ0v) is 15.0. The monoisotopic (exact) mass is 313 g/mol. The first-order valence-corrected chi connectivity index (χ1v) is 9.25. The molecule has 1 atom stereocenters. The second-order valence-corrected chi connectivity index (χ2v) is 6.91. The highest BCUT2D eigenvalue weighted by Crippen LogP contribution is 2.08. The Morgan fingerprint density at radius 3 is 2.81 bits per heavy atom. The Morgan fingerprint density at radius 2 is 2.19 bits per heavy atom. The molecule has 1 aromatic rings. The van der Waals surface area contributed by atoms with Crippen molar-refractivity contribution in [1.29, 1.82) is 0 Å². The number of likely N-dealkylation sites (N-methyl/N-ethyl adjacent to an activating group) is 1. The summed E-state index contributed by atoms with van der Waals surface area (Å²) in [5, 5.41) is 11.8.